The number of non-ortho nitro benzene ring substituents is 1. The average Bonchev–Trinajstić information content (AvgIpc) is 2.62. The largest absolute Gasteiger partial charge is 0.495 e. The van der Waals surface area contributed by atoms with Crippen molar-refractivity contribution >= 4 is 34.6 Å². The molecule has 136 valence electrons. The van der Waals surface area contributed by atoms with E-state index in [-0.39, 0.29) is 16.5 Å². The van der Waals surface area contributed by atoms with Crippen LogP contribution in [-0.4, -0.2) is 29.7 Å². The lowest BCUT2D eigenvalue weighted by atomic mass is 10.2. The van der Waals surface area contributed by atoms with Crippen molar-refractivity contribution in [3.05, 3.63) is 58.1 Å². The van der Waals surface area contributed by atoms with Crippen LogP contribution in [0.15, 0.2) is 42.5 Å². The predicted octanol–water partition coefficient (Wildman–Crippen LogP) is 3.13. The number of rotatable bonds is 6. The number of nitrogens with one attached hydrogen (secondary N) is 2. The first-order valence-electron chi connectivity index (χ1n) is 7.62. The average molecular weight is 375 g/mol. The number of carbonyl (C=O) groups excluding carboxylic acids is 1. The second kappa shape index (κ2) is 8.77. The molecule has 2 aromatic rings. The quantitative estimate of drug-likeness (QED) is 0.454. The number of methoxy groups -OCH3 is 1. The fourth-order valence-corrected chi connectivity index (χ4v) is 2.33. The van der Waals surface area contributed by atoms with Crippen molar-refractivity contribution in [3.8, 4) is 11.5 Å². The fraction of sp³-hybridized carbons (Fsp3) is 0.176. The van der Waals surface area contributed by atoms with Crippen molar-refractivity contribution in [2.24, 2.45) is 0 Å². The summed E-state index contributed by atoms with van der Waals surface area (Å²) >= 11 is 5.11. The summed E-state index contributed by atoms with van der Waals surface area (Å²) in [6.45, 7) is 2.33. The summed E-state index contributed by atoms with van der Waals surface area (Å²) in [7, 11) is 1.42. The van der Waals surface area contributed by atoms with Gasteiger partial charge in [0.1, 0.15) is 11.5 Å². The molecule has 8 nitrogen and oxygen atoms in total. The molecule has 0 fully saturated rings. The number of nitro groups is 1. The van der Waals surface area contributed by atoms with Crippen LogP contribution in [0, 0.1) is 10.1 Å². The Morgan fingerprint density at radius 2 is 2.04 bits per heavy atom. The zero-order valence-electron chi connectivity index (χ0n) is 14.1. The van der Waals surface area contributed by atoms with E-state index in [0.717, 1.165) is 0 Å². The Bertz CT molecular complexity index is 841. The topological polar surface area (TPSA) is 103 Å². The number of carbonyl (C=O) groups is 1. The standard InChI is InChI=1S/C17H17N3O5S/c1-3-25-13-6-4-5-11(9-13)16(21)19-17(26)18-14-10-12(20(22)23)7-8-15(14)24-2/h4-10H,3H2,1-2H3,(H2,18,19,21,26). The second-order valence-electron chi connectivity index (χ2n) is 5.01. The molecule has 2 rings (SSSR count). The molecule has 0 heterocycles. The van der Waals surface area contributed by atoms with E-state index in [0.29, 0.717) is 23.7 Å². The van der Waals surface area contributed by atoms with E-state index < -0.39 is 10.8 Å². The summed E-state index contributed by atoms with van der Waals surface area (Å²) in [5, 5.41) is 16.1. The third kappa shape index (κ3) is 4.90. The van der Waals surface area contributed by atoms with E-state index >= 15 is 0 Å². The van der Waals surface area contributed by atoms with Gasteiger partial charge in [0, 0.05) is 17.7 Å². The normalized spacial score (nSPS) is 9.92. The van der Waals surface area contributed by atoms with Crippen molar-refractivity contribution in [2.45, 2.75) is 6.92 Å². The molecule has 0 unspecified atom stereocenters. The maximum Gasteiger partial charge on any atom is 0.271 e. The number of ether oxygens (including phenoxy) is 2. The van der Waals surface area contributed by atoms with Gasteiger partial charge in [-0.15, -0.1) is 0 Å². The lowest BCUT2D eigenvalue weighted by Crippen LogP contribution is -2.34. The number of hydrogen-bond donors (Lipinski definition) is 2. The van der Waals surface area contributed by atoms with Crippen LogP contribution in [0.4, 0.5) is 11.4 Å². The minimum Gasteiger partial charge on any atom is -0.495 e. The van der Waals surface area contributed by atoms with E-state index in [4.69, 9.17) is 21.7 Å². The summed E-state index contributed by atoms with van der Waals surface area (Å²) in [6.07, 6.45) is 0. The Morgan fingerprint density at radius 3 is 2.69 bits per heavy atom. The zero-order valence-corrected chi connectivity index (χ0v) is 15.0. The zero-order chi connectivity index (χ0) is 19.1. The van der Waals surface area contributed by atoms with Crippen LogP contribution in [0.1, 0.15) is 17.3 Å². The second-order valence-corrected chi connectivity index (χ2v) is 5.42. The Balaban J connectivity index is 2.11. The summed E-state index contributed by atoms with van der Waals surface area (Å²) in [5.41, 5.74) is 0.507. The molecule has 2 aromatic carbocycles. The van der Waals surface area contributed by atoms with Gasteiger partial charge >= 0.3 is 0 Å². The van der Waals surface area contributed by atoms with Crippen LogP contribution < -0.4 is 20.1 Å². The Kier molecular flexibility index (Phi) is 6.45. The highest BCUT2D eigenvalue weighted by Gasteiger charge is 2.14. The van der Waals surface area contributed by atoms with Crippen molar-refractivity contribution in [3.63, 3.8) is 0 Å². The molecule has 9 heteroatoms. The molecule has 1 amide bonds. The molecule has 0 saturated carbocycles. The number of hydrogen-bond acceptors (Lipinski definition) is 6. The molecule has 0 aromatic heterocycles. The SMILES string of the molecule is CCOc1cccc(C(=O)NC(=S)Nc2cc([N+](=O)[O-])ccc2OC)c1. The molecule has 0 radical (unpaired) electrons. The van der Waals surface area contributed by atoms with Gasteiger partial charge in [-0.3, -0.25) is 20.2 Å². The van der Waals surface area contributed by atoms with Gasteiger partial charge in [0.2, 0.25) is 0 Å². The number of amides is 1. The summed E-state index contributed by atoms with van der Waals surface area (Å²) < 4.78 is 10.5. The molecule has 0 bridgehead atoms. The predicted molar refractivity (Wildman–Crippen MR) is 101 cm³/mol. The number of nitro benzene ring substituents is 1. The lowest BCUT2D eigenvalue weighted by Gasteiger charge is -2.13. The van der Waals surface area contributed by atoms with Crippen LogP contribution >= 0.6 is 12.2 Å². The third-order valence-electron chi connectivity index (χ3n) is 3.28. The molecule has 0 aliphatic rings. The first-order chi connectivity index (χ1) is 12.4. The highest BCUT2D eigenvalue weighted by Crippen LogP contribution is 2.28. The van der Waals surface area contributed by atoms with E-state index in [1.807, 2.05) is 6.92 Å². The molecule has 0 aliphatic carbocycles. The van der Waals surface area contributed by atoms with Crippen LogP contribution in [0.3, 0.4) is 0 Å². The maximum absolute atomic E-state index is 12.3. The van der Waals surface area contributed by atoms with Crippen LogP contribution in [0.5, 0.6) is 11.5 Å². The van der Waals surface area contributed by atoms with E-state index in [1.165, 1.54) is 25.3 Å². The number of nitrogens with zero attached hydrogens (tertiary/aromatic N) is 1. The maximum atomic E-state index is 12.3. The molecule has 26 heavy (non-hydrogen) atoms. The van der Waals surface area contributed by atoms with Gasteiger partial charge in [-0.25, -0.2) is 0 Å². The van der Waals surface area contributed by atoms with Gasteiger partial charge in [-0.1, -0.05) is 6.07 Å². The highest BCUT2D eigenvalue weighted by atomic mass is 32.1. The molecule has 0 aliphatic heterocycles. The first-order valence-corrected chi connectivity index (χ1v) is 8.03. The number of anilines is 1. The molecule has 0 atom stereocenters. The Morgan fingerprint density at radius 1 is 1.27 bits per heavy atom. The van der Waals surface area contributed by atoms with Gasteiger partial charge in [0.15, 0.2) is 5.11 Å². The van der Waals surface area contributed by atoms with Crippen molar-refractivity contribution < 1.29 is 19.2 Å². The third-order valence-corrected chi connectivity index (χ3v) is 3.48. The highest BCUT2D eigenvalue weighted by molar-refractivity contribution is 7.80. The van der Waals surface area contributed by atoms with Crippen molar-refractivity contribution in [1.29, 1.82) is 0 Å². The van der Waals surface area contributed by atoms with Crippen molar-refractivity contribution in [1.82, 2.24) is 5.32 Å². The smallest absolute Gasteiger partial charge is 0.271 e. The summed E-state index contributed by atoms with van der Waals surface area (Å²) in [5.74, 6) is 0.485. The van der Waals surface area contributed by atoms with Crippen LogP contribution in [0.25, 0.3) is 0 Å². The van der Waals surface area contributed by atoms with Crippen LogP contribution in [-0.2, 0) is 0 Å². The minimum absolute atomic E-state index is 0.0180. The van der Waals surface area contributed by atoms with E-state index in [2.05, 4.69) is 10.6 Å². The first kappa shape index (κ1) is 19.1. The van der Waals surface area contributed by atoms with Gasteiger partial charge in [0.25, 0.3) is 11.6 Å². The lowest BCUT2D eigenvalue weighted by molar-refractivity contribution is -0.384. The van der Waals surface area contributed by atoms with Crippen molar-refractivity contribution in [2.75, 3.05) is 19.0 Å². The van der Waals surface area contributed by atoms with Gasteiger partial charge in [-0.2, -0.15) is 0 Å². The minimum atomic E-state index is -0.536. The van der Waals surface area contributed by atoms with E-state index in [9.17, 15) is 14.9 Å². The van der Waals surface area contributed by atoms with E-state index in [1.54, 1.807) is 24.3 Å². The fourth-order valence-electron chi connectivity index (χ4n) is 2.13. The summed E-state index contributed by atoms with van der Waals surface area (Å²) in [6, 6.07) is 10.7. The molecule has 0 spiro atoms. The Labute approximate surface area is 155 Å². The number of thiocarbonyl (C=S) groups is 1. The summed E-state index contributed by atoms with van der Waals surface area (Å²) in [4.78, 5) is 22.7. The molecule has 2 N–H and O–H groups in total. The van der Waals surface area contributed by atoms with Gasteiger partial charge in [-0.05, 0) is 43.4 Å². The molecular formula is C17H17N3O5S. The van der Waals surface area contributed by atoms with Crippen LogP contribution in [0.2, 0.25) is 0 Å². The molecule has 0 saturated heterocycles. The van der Waals surface area contributed by atoms with Gasteiger partial charge < -0.3 is 14.8 Å². The molecular weight excluding hydrogens is 358 g/mol. The number of benzene rings is 2. The Hall–Kier alpha value is -3.20. The monoisotopic (exact) mass is 375 g/mol. The van der Waals surface area contributed by atoms with Gasteiger partial charge in [0.05, 0.1) is 24.3 Å².